The SMILES string of the molecule is CCCCN(CCCC)CC(O)c1ccc(C)c(Br)c1.Cl. The predicted octanol–water partition coefficient (Wildman–Crippen LogP) is 5.11. The Balaban J connectivity index is 0.00000400. The lowest BCUT2D eigenvalue weighted by atomic mass is 10.1. The zero-order valence-electron chi connectivity index (χ0n) is 13.4. The molecule has 1 unspecified atom stereocenters. The van der Waals surface area contributed by atoms with Crippen LogP contribution < -0.4 is 0 Å². The standard InChI is InChI=1S/C17H28BrNO.ClH/c1-4-6-10-19(11-7-5-2)13-17(20)15-9-8-14(3)16(18)12-15;/h8-9,12,17,20H,4-7,10-11,13H2,1-3H3;1H. The van der Waals surface area contributed by atoms with Crippen LogP contribution in [0.2, 0.25) is 0 Å². The largest absolute Gasteiger partial charge is 0.387 e. The number of unbranched alkanes of at least 4 members (excludes halogenated alkanes) is 2. The van der Waals surface area contributed by atoms with Crippen LogP contribution in [0.4, 0.5) is 0 Å². The third-order valence-electron chi connectivity index (χ3n) is 3.67. The topological polar surface area (TPSA) is 23.5 Å². The van der Waals surface area contributed by atoms with E-state index in [1.807, 2.05) is 12.1 Å². The highest BCUT2D eigenvalue weighted by Gasteiger charge is 2.13. The van der Waals surface area contributed by atoms with Gasteiger partial charge in [0.15, 0.2) is 0 Å². The number of rotatable bonds is 9. The van der Waals surface area contributed by atoms with E-state index in [1.54, 1.807) is 0 Å². The number of benzene rings is 1. The minimum Gasteiger partial charge on any atom is -0.387 e. The van der Waals surface area contributed by atoms with E-state index in [-0.39, 0.29) is 12.4 Å². The van der Waals surface area contributed by atoms with Gasteiger partial charge in [-0.3, -0.25) is 0 Å². The number of hydrogen-bond acceptors (Lipinski definition) is 2. The Morgan fingerprint density at radius 3 is 2.19 bits per heavy atom. The number of hydrogen-bond donors (Lipinski definition) is 1. The van der Waals surface area contributed by atoms with Gasteiger partial charge in [-0.15, -0.1) is 12.4 Å². The number of halogens is 2. The van der Waals surface area contributed by atoms with E-state index >= 15 is 0 Å². The van der Waals surface area contributed by atoms with Gasteiger partial charge in [-0.05, 0) is 50.0 Å². The molecule has 0 spiro atoms. The lowest BCUT2D eigenvalue weighted by Crippen LogP contribution is -2.30. The fourth-order valence-corrected chi connectivity index (χ4v) is 2.62. The molecular weight excluding hydrogens is 350 g/mol. The van der Waals surface area contributed by atoms with Crippen LogP contribution in [0.1, 0.15) is 56.8 Å². The average molecular weight is 379 g/mol. The Morgan fingerprint density at radius 1 is 1.14 bits per heavy atom. The maximum atomic E-state index is 10.4. The summed E-state index contributed by atoms with van der Waals surface area (Å²) in [6.07, 6.45) is 4.41. The molecule has 122 valence electrons. The van der Waals surface area contributed by atoms with Crippen LogP contribution in [0, 0.1) is 6.92 Å². The predicted molar refractivity (Wildman–Crippen MR) is 97.3 cm³/mol. The van der Waals surface area contributed by atoms with Crippen LogP contribution >= 0.6 is 28.3 Å². The zero-order valence-corrected chi connectivity index (χ0v) is 15.8. The molecule has 0 fully saturated rings. The van der Waals surface area contributed by atoms with Gasteiger partial charge < -0.3 is 10.0 Å². The van der Waals surface area contributed by atoms with Gasteiger partial charge in [-0.2, -0.15) is 0 Å². The second-order valence-electron chi connectivity index (χ2n) is 5.53. The summed E-state index contributed by atoms with van der Waals surface area (Å²) in [6.45, 7) is 9.39. The Hall–Kier alpha value is -0.0900. The molecule has 4 heteroatoms. The molecule has 0 heterocycles. The maximum Gasteiger partial charge on any atom is 0.0917 e. The van der Waals surface area contributed by atoms with E-state index in [2.05, 4.69) is 47.7 Å². The van der Waals surface area contributed by atoms with Crippen molar-refractivity contribution >= 4 is 28.3 Å². The molecule has 0 saturated heterocycles. The van der Waals surface area contributed by atoms with Crippen molar-refractivity contribution in [1.29, 1.82) is 0 Å². The van der Waals surface area contributed by atoms with Gasteiger partial charge in [0.1, 0.15) is 0 Å². The highest BCUT2D eigenvalue weighted by Crippen LogP contribution is 2.22. The summed E-state index contributed by atoms with van der Waals surface area (Å²) < 4.78 is 1.07. The van der Waals surface area contributed by atoms with E-state index in [1.165, 1.54) is 31.2 Å². The minimum absolute atomic E-state index is 0. The van der Waals surface area contributed by atoms with Crippen molar-refractivity contribution in [1.82, 2.24) is 4.90 Å². The first-order valence-corrected chi connectivity index (χ1v) is 8.54. The van der Waals surface area contributed by atoms with E-state index in [9.17, 15) is 5.11 Å². The molecule has 1 atom stereocenters. The smallest absolute Gasteiger partial charge is 0.0917 e. The number of aliphatic hydroxyl groups is 1. The summed E-state index contributed by atoms with van der Waals surface area (Å²) >= 11 is 3.54. The summed E-state index contributed by atoms with van der Waals surface area (Å²) in [5, 5.41) is 10.4. The summed E-state index contributed by atoms with van der Waals surface area (Å²) in [5.74, 6) is 0. The Bertz CT molecular complexity index is 392. The van der Waals surface area contributed by atoms with Gasteiger partial charge in [0.25, 0.3) is 0 Å². The molecule has 1 aromatic carbocycles. The van der Waals surface area contributed by atoms with Crippen molar-refractivity contribution < 1.29 is 5.11 Å². The zero-order chi connectivity index (χ0) is 15.0. The Kier molecular flexibility index (Phi) is 11.4. The molecule has 0 bridgehead atoms. The van der Waals surface area contributed by atoms with Gasteiger partial charge >= 0.3 is 0 Å². The van der Waals surface area contributed by atoms with Crippen molar-refractivity contribution in [2.45, 2.75) is 52.6 Å². The highest BCUT2D eigenvalue weighted by molar-refractivity contribution is 9.10. The molecular formula is C17H29BrClNO. The van der Waals surface area contributed by atoms with E-state index in [4.69, 9.17) is 0 Å². The Labute approximate surface area is 144 Å². The third-order valence-corrected chi connectivity index (χ3v) is 4.52. The third kappa shape index (κ3) is 7.64. The number of aryl methyl sites for hydroxylation is 1. The lowest BCUT2D eigenvalue weighted by molar-refractivity contribution is 0.111. The van der Waals surface area contributed by atoms with Gasteiger partial charge in [0.2, 0.25) is 0 Å². The molecule has 0 saturated carbocycles. The molecule has 1 N–H and O–H groups in total. The first kappa shape index (κ1) is 20.9. The molecule has 0 aliphatic rings. The summed E-state index contributed by atoms with van der Waals surface area (Å²) in [7, 11) is 0. The maximum absolute atomic E-state index is 10.4. The molecule has 2 nitrogen and oxygen atoms in total. The lowest BCUT2D eigenvalue weighted by Gasteiger charge is -2.25. The van der Waals surface area contributed by atoms with Crippen LogP contribution in [0.15, 0.2) is 22.7 Å². The van der Waals surface area contributed by atoms with Crippen LogP contribution in [-0.4, -0.2) is 29.6 Å². The first-order chi connectivity index (χ1) is 9.58. The van der Waals surface area contributed by atoms with Gasteiger partial charge in [-0.1, -0.05) is 54.8 Å². The van der Waals surface area contributed by atoms with Crippen molar-refractivity contribution in [3.05, 3.63) is 33.8 Å². The van der Waals surface area contributed by atoms with Crippen LogP contribution in [0.3, 0.4) is 0 Å². The summed E-state index contributed by atoms with van der Waals surface area (Å²) in [5.41, 5.74) is 2.20. The fourth-order valence-electron chi connectivity index (χ4n) is 2.22. The van der Waals surface area contributed by atoms with Crippen molar-refractivity contribution in [3.8, 4) is 0 Å². The van der Waals surface area contributed by atoms with E-state index in [0.29, 0.717) is 0 Å². The number of aliphatic hydroxyl groups excluding tert-OH is 1. The molecule has 0 aromatic heterocycles. The molecule has 0 aliphatic carbocycles. The average Bonchev–Trinajstić information content (AvgIpc) is 2.44. The van der Waals surface area contributed by atoms with Gasteiger partial charge in [0.05, 0.1) is 6.10 Å². The highest BCUT2D eigenvalue weighted by atomic mass is 79.9. The summed E-state index contributed by atoms with van der Waals surface area (Å²) in [4.78, 5) is 2.39. The monoisotopic (exact) mass is 377 g/mol. The second kappa shape index (κ2) is 11.5. The van der Waals surface area contributed by atoms with E-state index in [0.717, 1.165) is 29.7 Å². The molecule has 0 radical (unpaired) electrons. The molecule has 0 amide bonds. The molecule has 1 rings (SSSR count). The molecule has 0 aliphatic heterocycles. The normalized spacial score (nSPS) is 12.3. The van der Waals surface area contributed by atoms with Gasteiger partial charge in [-0.25, -0.2) is 0 Å². The van der Waals surface area contributed by atoms with E-state index < -0.39 is 6.10 Å². The molecule has 21 heavy (non-hydrogen) atoms. The van der Waals surface area contributed by atoms with Crippen LogP contribution in [0.25, 0.3) is 0 Å². The van der Waals surface area contributed by atoms with Crippen molar-refractivity contribution in [2.75, 3.05) is 19.6 Å². The first-order valence-electron chi connectivity index (χ1n) is 7.75. The summed E-state index contributed by atoms with van der Waals surface area (Å²) in [6, 6.07) is 6.13. The molecule has 1 aromatic rings. The quantitative estimate of drug-likeness (QED) is 0.645. The van der Waals surface area contributed by atoms with Crippen LogP contribution in [0.5, 0.6) is 0 Å². The second-order valence-corrected chi connectivity index (χ2v) is 6.39. The van der Waals surface area contributed by atoms with Crippen molar-refractivity contribution in [2.24, 2.45) is 0 Å². The van der Waals surface area contributed by atoms with Crippen LogP contribution in [-0.2, 0) is 0 Å². The Morgan fingerprint density at radius 2 is 1.71 bits per heavy atom. The van der Waals surface area contributed by atoms with Gasteiger partial charge in [0, 0.05) is 11.0 Å². The van der Waals surface area contributed by atoms with Crippen molar-refractivity contribution in [3.63, 3.8) is 0 Å². The minimum atomic E-state index is -0.402. The fraction of sp³-hybridized carbons (Fsp3) is 0.647. The number of nitrogens with zero attached hydrogens (tertiary/aromatic N) is 1.